The van der Waals surface area contributed by atoms with Crippen molar-refractivity contribution in [2.45, 2.75) is 38.1 Å². The summed E-state index contributed by atoms with van der Waals surface area (Å²) in [5.41, 5.74) is 0.321. The van der Waals surface area contributed by atoms with Crippen LogP contribution in [0.15, 0.2) is 0 Å². The van der Waals surface area contributed by atoms with Crippen LogP contribution in [0.5, 0.6) is 0 Å². The second kappa shape index (κ2) is 3.74. The molecule has 0 saturated heterocycles. The van der Waals surface area contributed by atoms with Crippen molar-refractivity contribution in [3.05, 3.63) is 0 Å². The van der Waals surface area contributed by atoms with Gasteiger partial charge in [0, 0.05) is 0 Å². The summed E-state index contributed by atoms with van der Waals surface area (Å²) in [7, 11) is 0. The van der Waals surface area contributed by atoms with E-state index in [-0.39, 0.29) is 0 Å². The van der Waals surface area contributed by atoms with E-state index in [4.69, 9.17) is 5.73 Å². The van der Waals surface area contributed by atoms with Crippen molar-refractivity contribution >= 4 is 5.97 Å². The summed E-state index contributed by atoms with van der Waals surface area (Å²) < 4.78 is 41.6. The Labute approximate surface area is 85.8 Å². The highest BCUT2D eigenvalue weighted by molar-refractivity contribution is 5.86. The lowest BCUT2D eigenvalue weighted by Gasteiger charge is -2.28. The summed E-state index contributed by atoms with van der Waals surface area (Å²) in [5.74, 6) is -0.457. The average molecular weight is 223 g/mol. The first-order valence-electron chi connectivity index (χ1n) is 4.01. The number of rotatable bonds is 1. The molecule has 0 fully saturated rings. The zero-order valence-electron chi connectivity index (χ0n) is 8.61. The largest absolute Gasteiger partial charge is 0.458 e. The molecule has 1 unspecified atom stereocenters. The Balaban J connectivity index is 5.03. The number of carbonyl (C=O) groups is 1. The molecule has 1 atom stereocenters. The number of carbonyl (C=O) groups excluding carboxylic acids is 1. The number of nitrogens with two attached hydrogens (primary N) is 1. The number of alkyl halides is 3. The normalized spacial score (nSPS) is 16.4. The van der Waals surface area contributed by atoms with Crippen LogP contribution in [0.3, 0.4) is 0 Å². The fourth-order valence-electron chi connectivity index (χ4n) is 0.615. The van der Waals surface area contributed by atoms with Crippen molar-refractivity contribution in [1.82, 2.24) is 0 Å². The maximum absolute atomic E-state index is 12.4. The minimum atomic E-state index is -5.04. The van der Waals surface area contributed by atoms with Crippen LogP contribution < -0.4 is 5.73 Å². The Hall–Kier alpha value is -1.22. The smallest absolute Gasteiger partial charge is 0.428 e. The van der Waals surface area contributed by atoms with E-state index in [1.807, 2.05) is 0 Å². The molecular weight excluding hydrogens is 211 g/mol. The van der Waals surface area contributed by atoms with Gasteiger partial charge in [0.1, 0.15) is 5.60 Å². The number of terminal acetylenes is 1. The molecule has 0 aliphatic heterocycles. The molecule has 0 spiro atoms. The summed E-state index contributed by atoms with van der Waals surface area (Å²) in [6.07, 6.45) is -0.421. The van der Waals surface area contributed by atoms with Crippen LogP contribution in [0.25, 0.3) is 0 Å². The molecule has 0 aromatic carbocycles. The molecule has 0 bridgehead atoms. The van der Waals surface area contributed by atoms with E-state index >= 15 is 0 Å². The molecule has 2 N–H and O–H groups in total. The molecule has 0 aliphatic rings. The van der Waals surface area contributed by atoms with Gasteiger partial charge in [-0.15, -0.1) is 6.42 Å². The predicted molar refractivity (Wildman–Crippen MR) is 47.7 cm³/mol. The van der Waals surface area contributed by atoms with Crippen LogP contribution in [-0.4, -0.2) is 23.3 Å². The summed E-state index contributed by atoms with van der Waals surface area (Å²) in [4.78, 5) is 11.1. The molecule has 3 nitrogen and oxygen atoms in total. The first-order valence-corrected chi connectivity index (χ1v) is 4.01. The molecule has 0 heterocycles. The molecule has 86 valence electrons. The second-order valence-corrected chi connectivity index (χ2v) is 3.95. The zero-order chi connectivity index (χ0) is 12.5. The summed E-state index contributed by atoms with van der Waals surface area (Å²) in [5, 5.41) is 0. The Morgan fingerprint density at radius 3 is 1.93 bits per heavy atom. The SMILES string of the molecule is C#CC(N)(C(=O)OC(C)(C)C)C(F)(F)F. The third-order valence-corrected chi connectivity index (χ3v) is 1.40. The Bertz CT molecular complexity index is 298. The van der Waals surface area contributed by atoms with Crippen LogP contribution in [0.4, 0.5) is 13.2 Å². The molecule has 0 rings (SSSR count). The van der Waals surface area contributed by atoms with E-state index in [9.17, 15) is 18.0 Å². The molecule has 0 saturated carbocycles. The van der Waals surface area contributed by atoms with Gasteiger partial charge in [0.25, 0.3) is 5.54 Å². The first-order chi connectivity index (χ1) is 6.44. The number of esters is 1. The van der Waals surface area contributed by atoms with Gasteiger partial charge in [0.15, 0.2) is 0 Å². The van der Waals surface area contributed by atoms with E-state index in [1.54, 1.807) is 0 Å². The van der Waals surface area contributed by atoms with Crippen molar-refractivity contribution in [2.75, 3.05) is 0 Å². The second-order valence-electron chi connectivity index (χ2n) is 3.95. The first kappa shape index (κ1) is 13.8. The minimum absolute atomic E-state index is 1.08. The Morgan fingerprint density at radius 1 is 1.33 bits per heavy atom. The van der Waals surface area contributed by atoms with Crippen molar-refractivity contribution in [3.63, 3.8) is 0 Å². The van der Waals surface area contributed by atoms with Gasteiger partial charge >= 0.3 is 12.1 Å². The maximum atomic E-state index is 12.4. The van der Waals surface area contributed by atoms with E-state index in [0.29, 0.717) is 0 Å². The highest BCUT2D eigenvalue weighted by atomic mass is 19.4. The van der Waals surface area contributed by atoms with Gasteiger partial charge in [-0.05, 0) is 20.8 Å². The number of ether oxygens (including phenoxy) is 1. The van der Waals surface area contributed by atoms with Gasteiger partial charge in [-0.3, -0.25) is 5.73 Å². The number of hydrogen-bond acceptors (Lipinski definition) is 3. The quantitative estimate of drug-likeness (QED) is 0.537. The molecule has 0 radical (unpaired) electrons. The topological polar surface area (TPSA) is 52.3 Å². The van der Waals surface area contributed by atoms with Crippen LogP contribution in [0.1, 0.15) is 20.8 Å². The number of halogens is 3. The van der Waals surface area contributed by atoms with Gasteiger partial charge in [0.05, 0.1) is 0 Å². The average Bonchev–Trinajstić information content (AvgIpc) is 1.97. The lowest BCUT2D eigenvalue weighted by Crippen LogP contribution is -2.60. The number of hydrogen-bond donors (Lipinski definition) is 1. The van der Waals surface area contributed by atoms with Crippen LogP contribution in [0, 0.1) is 12.3 Å². The van der Waals surface area contributed by atoms with Crippen LogP contribution in [0.2, 0.25) is 0 Å². The standard InChI is InChI=1S/C9H12F3NO2/c1-5-8(13,9(10,11)12)6(14)15-7(2,3)4/h1H,13H2,2-4H3. The third-order valence-electron chi connectivity index (χ3n) is 1.40. The van der Waals surface area contributed by atoms with Crippen molar-refractivity contribution in [1.29, 1.82) is 0 Å². The lowest BCUT2D eigenvalue weighted by atomic mass is 10.0. The fourth-order valence-corrected chi connectivity index (χ4v) is 0.615. The molecule has 15 heavy (non-hydrogen) atoms. The molecule has 6 heteroatoms. The van der Waals surface area contributed by atoms with Crippen LogP contribution in [-0.2, 0) is 9.53 Å². The maximum Gasteiger partial charge on any atom is 0.428 e. The summed E-state index contributed by atoms with van der Waals surface area (Å²) >= 11 is 0. The molecule has 0 aliphatic carbocycles. The monoisotopic (exact) mass is 223 g/mol. The predicted octanol–water partition coefficient (Wildman–Crippen LogP) is 1.22. The highest BCUT2D eigenvalue weighted by Gasteiger charge is 2.59. The van der Waals surface area contributed by atoms with Gasteiger partial charge in [-0.25, -0.2) is 4.79 Å². The van der Waals surface area contributed by atoms with Gasteiger partial charge < -0.3 is 4.74 Å². The van der Waals surface area contributed by atoms with Crippen molar-refractivity contribution in [3.8, 4) is 12.3 Å². The van der Waals surface area contributed by atoms with E-state index in [2.05, 4.69) is 11.2 Å². The van der Waals surface area contributed by atoms with Crippen molar-refractivity contribution in [2.24, 2.45) is 5.73 Å². The van der Waals surface area contributed by atoms with E-state index < -0.39 is 23.3 Å². The van der Waals surface area contributed by atoms with Gasteiger partial charge in [0.2, 0.25) is 0 Å². The molecule has 0 amide bonds. The Kier molecular flexibility index (Phi) is 3.43. The van der Waals surface area contributed by atoms with E-state index in [1.165, 1.54) is 26.7 Å². The highest BCUT2D eigenvalue weighted by Crippen LogP contribution is 2.30. The molecular formula is C9H12F3NO2. The summed E-state index contributed by atoms with van der Waals surface area (Å²) in [6, 6.07) is 0. The van der Waals surface area contributed by atoms with E-state index in [0.717, 1.165) is 0 Å². The minimum Gasteiger partial charge on any atom is -0.458 e. The molecule has 0 aromatic heterocycles. The lowest BCUT2D eigenvalue weighted by molar-refractivity contribution is -0.200. The molecule has 0 aromatic rings. The van der Waals surface area contributed by atoms with Crippen molar-refractivity contribution < 1.29 is 22.7 Å². The third kappa shape index (κ3) is 3.13. The summed E-state index contributed by atoms with van der Waals surface area (Å²) in [6.45, 7) is 4.24. The Morgan fingerprint density at radius 2 is 1.73 bits per heavy atom. The zero-order valence-corrected chi connectivity index (χ0v) is 8.61. The van der Waals surface area contributed by atoms with Gasteiger partial charge in [-0.2, -0.15) is 13.2 Å². The van der Waals surface area contributed by atoms with Gasteiger partial charge in [-0.1, -0.05) is 5.92 Å². The van der Waals surface area contributed by atoms with Crippen LogP contribution >= 0.6 is 0 Å². The fraction of sp³-hybridized carbons (Fsp3) is 0.667.